The highest BCUT2D eigenvalue weighted by atomic mass is 32.3. The molecule has 0 bridgehead atoms. The van der Waals surface area contributed by atoms with E-state index in [-0.39, 0.29) is 29.0 Å². The fourth-order valence-corrected chi connectivity index (χ4v) is 9.62. The van der Waals surface area contributed by atoms with Gasteiger partial charge in [-0.1, -0.05) is 18.7 Å². The van der Waals surface area contributed by atoms with Gasteiger partial charge in [-0.25, -0.2) is 14.4 Å². The van der Waals surface area contributed by atoms with Gasteiger partial charge in [-0.3, -0.25) is 14.5 Å². The Morgan fingerprint density at radius 1 is 1.21 bits per heavy atom. The molecule has 2 atom stereocenters. The minimum absolute atomic E-state index is 0.0453. The Hall–Kier alpha value is -2.62. The average Bonchev–Trinajstić information content (AvgIpc) is 3.22. The highest BCUT2D eigenvalue weighted by Gasteiger charge is 2.32. The van der Waals surface area contributed by atoms with Crippen molar-refractivity contribution in [1.29, 1.82) is 0 Å². The SMILES string of the molecule is C=CC(=O)N1CCN(C[Si](Oc2ccc(C(=O)N[C@@H]3CCCS3(C)C)cc2)c2ccc(C)c(F)c2)C[C@H]1C. The molecule has 2 fully saturated rings. The van der Waals surface area contributed by atoms with Crippen molar-refractivity contribution in [2.75, 3.05) is 44.1 Å². The molecule has 4 rings (SSSR count). The molecule has 0 unspecified atom stereocenters. The van der Waals surface area contributed by atoms with Crippen molar-refractivity contribution >= 4 is 36.1 Å². The summed E-state index contributed by atoms with van der Waals surface area (Å²) in [5.41, 5.74) is 1.22. The number of hydrogen-bond acceptors (Lipinski definition) is 4. The molecule has 38 heavy (non-hydrogen) atoms. The summed E-state index contributed by atoms with van der Waals surface area (Å²) in [6, 6.07) is 12.6. The van der Waals surface area contributed by atoms with Crippen LogP contribution >= 0.6 is 10.0 Å². The van der Waals surface area contributed by atoms with Crippen LogP contribution in [0.5, 0.6) is 5.75 Å². The van der Waals surface area contributed by atoms with E-state index in [4.69, 9.17) is 4.43 Å². The lowest BCUT2D eigenvalue weighted by Crippen LogP contribution is -2.57. The van der Waals surface area contributed by atoms with Crippen LogP contribution in [0.15, 0.2) is 55.1 Å². The first-order valence-corrected chi connectivity index (χ1v) is 17.4. The highest BCUT2D eigenvalue weighted by Crippen LogP contribution is 2.51. The van der Waals surface area contributed by atoms with Gasteiger partial charge in [0.15, 0.2) is 0 Å². The third kappa shape index (κ3) is 6.68. The Kier molecular flexibility index (Phi) is 9.00. The molecule has 0 spiro atoms. The van der Waals surface area contributed by atoms with Gasteiger partial charge in [0.2, 0.25) is 5.91 Å². The number of halogens is 1. The van der Waals surface area contributed by atoms with Gasteiger partial charge < -0.3 is 14.6 Å². The second-order valence-corrected chi connectivity index (χ2v) is 16.9. The number of aryl methyl sites for hydroxylation is 1. The van der Waals surface area contributed by atoms with Crippen molar-refractivity contribution in [3.63, 3.8) is 0 Å². The lowest BCUT2D eigenvalue weighted by Gasteiger charge is -2.40. The van der Waals surface area contributed by atoms with E-state index in [9.17, 15) is 14.0 Å². The zero-order valence-electron chi connectivity index (χ0n) is 22.8. The maximum absolute atomic E-state index is 14.5. The van der Waals surface area contributed by atoms with Crippen LogP contribution < -0.4 is 14.9 Å². The number of carbonyl (C=O) groups is 2. The summed E-state index contributed by atoms with van der Waals surface area (Å²) in [6.07, 6.45) is 8.80. The fraction of sp³-hybridized carbons (Fsp3) is 0.448. The van der Waals surface area contributed by atoms with E-state index in [1.54, 1.807) is 31.2 Å². The van der Waals surface area contributed by atoms with Crippen molar-refractivity contribution in [3.05, 3.63) is 72.1 Å². The summed E-state index contributed by atoms with van der Waals surface area (Å²) < 4.78 is 21.0. The molecular formula is C29H39FN3O3SSi. The smallest absolute Gasteiger partial charge is 0.331 e. The molecule has 0 saturated carbocycles. The quantitative estimate of drug-likeness (QED) is 0.399. The van der Waals surface area contributed by atoms with Gasteiger partial charge in [-0.2, -0.15) is 0 Å². The molecule has 2 aliphatic rings. The molecule has 6 nitrogen and oxygen atoms in total. The maximum Gasteiger partial charge on any atom is 0.331 e. The molecule has 2 saturated heterocycles. The van der Waals surface area contributed by atoms with Crippen LogP contribution in [0, 0.1) is 12.7 Å². The third-order valence-electron chi connectivity index (χ3n) is 7.59. The fourth-order valence-electron chi connectivity index (χ4n) is 5.15. The standard InChI is InChI=1S/C29H39FN3O3SSi/c1-6-28(34)33-16-15-32(19-22(33)3)20-38(25-14-9-21(2)26(30)18-25)36-24-12-10-23(11-13-24)29(35)31-27-8-7-17-37(27,4)5/h6,9-14,18,22,27H,1,7-8,15-17,19-20H2,2-5H3,(H,31,35)/t22-,27+/m1/s1. The molecule has 205 valence electrons. The van der Waals surface area contributed by atoms with Gasteiger partial charge in [-0.15, -0.1) is 0 Å². The number of nitrogens with zero attached hydrogens (tertiary/aromatic N) is 2. The third-order valence-corrected chi connectivity index (χ3v) is 13.0. The summed E-state index contributed by atoms with van der Waals surface area (Å²) in [5, 5.41) is 4.35. The highest BCUT2D eigenvalue weighted by molar-refractivity contribution is 8.33. The van der Waals surface area contributed by atoms with Gasteiger partial charge in [0.05, 0.1) is 5.37 Å². The van der Waals surface area contributed by atoms with Crippen LogP contribution in [0.3, 0.4) is 0 Å². The topological polar surface area (TPSA) is 61.9 Å². The van der Waals surface area contributed by atoms with E-state index in [1.807, 2.05) is 30.0 Å². The summed E-state index contributed by atoms with van der Waals surface area (Å²) in [4.78, 5) is 29.2. The zero-order valence-corrected chi connectivity index (χ0v) is 24.7. The van der Waals surface area contributed by atoms with Gasteiger partial charge in [0.25, 0.3) is 5.91 Å². The van der Waals surface area contributed by atoms with Crippen molar-refractivity contribution in [2.45, 2.75) is 38.1 Å². The molecule has 2 aliphatic heterocycles. The Balaban J connectivity index is 1.47. The number of hydrogen-bond donors (Lipinski definition) is 1. The second-order valence-electron chi connectivity index (χ2n) is 10.8. The molecule has 2 amide bonds. The lowest BCUT2D eigenvalue weighted by molar-refractivity contribution is -0.130. The first kappa shape index (κ1) is 28.4. The van der Waals surface area contributed by atoms with Gasteiger partial charge in [0, 0.05) is 37.4 Å². The van der Waals surface area contributed by atoms with Gasteiger partial charge in [-0.05, 0) is 92.1 Å². The maximum atomic E-state index is 14.5. The normalized spacial score (nSPS) is 22.2. The summed E-state index contributed by atoms with van der Waals surface area (Å²) in [5.74, 6) is 1.52. The number of amides is 2. The Bertz CT molecular complexity index is 1180. The van der Waals surface area contributed by atoms with Crippen molar-refractivity contribution < 1.29 is 18.4 Å². The van der Waals surface area contributed by atoms with E-state index in [2.05, 4.69) is 29.3 Å². The summed E-state index contributed by atoms with van der Waals surface area (Å²) in [6.45, 7) is 9.44. The van der Waals surface area contributed by atoms with E-state index >= 15 is 0 Å². The van der Waals surface area contributed by atoms with E-state index < -0.39 is 19.1 Å². The number of rotatable bonds is 8. The summed E-state index contributed by atoms with van der Waals surface area (Å²) in [7, 11) is -2.47. The van der Waals surface area contributed by atoms with Crippen LogP contribution in [-0.2, 0) is 4.79 Å². The molecule has 2 heterocycles. The van der Waals surface area contributed by atoms with Gasteiger partial charge in [0.1, 0.15) is 11.6 Å². The first-order valence-electron chi connectivity index (χ1n) is 13.1. The van der Waals surface area contributed by atoms with Crippen LogP contribution in [0.25, 0.3) is 0 Å². The zero-order chi connectivity index (χ0) is 27.4. The van der Waals surface area contributed by atoms with E-state index in [0.717, 1.165) is 11.6 Å². The number of carbonyl (C=O) groups excluding carboxylic acids is 2. The monoisotopic (exact) mass is 556 g/mol. The Morgan fingerprint density at radius 2 is 1.95 bits per heavy atom. The average molecular weight is 557 g/mol. The molecule has 0 aliphatic carbocycles. The minimum atomic E-state index is -1.68. The predicted octanol–water partition coefficient (Wildman–Crippen LogP) is 3.58. The number of benzene rings is 2. The van der Waals surface area contributed by atoms with E-state index in [0.29, 0.717) is 42.7 Å². The van der Waals surface area contributed by atoms with Crippen LogP contribution in [0.2, 0.25) is 0 Å². The lowest BCUT2D eigenvalue weighted by atomic mass is 10.2. The molecule has 0 aromatic heterocycles. The largest absolute Gasteiger partial charge is 0.536 e. The van der Waals surface area contributed by atoms with Crippen molar-refractivity contribution in [2.24, 2.45) is 0 Å². The molecular weight excluding hydrogens is 517 g/mol. The number of piperazine rings is 1. The Morgan fingerprint density at radius 3 is 2.55 bits per heavy atom. The number of nitrogens with one attached hydrogen (secondary N) is 1. The molecule has 1 radical (unpaired) electrons. The molecule has 2 aromatic rings. The van der Waals surface area contributed by atoms with Crippen molar-refractivity contribution in [3.8, 4) is 5.75 Å². The predicted molar refractivity (Wildman–Crippen MR) is 156 cm³/mol. The molecule has 1 N–H and O–H groups in total. The van der Waals surface area contributed by atoms with Crippen LogP contribution in [0.4, 0.5) is 4.39 Å². The Labute approximate surface area is 229 Å². The first-order chi connectivity index (χ1) is 18.1. The minimum Gasteiger partial charge on any atom is -0.536 e. The van der Waals surface area contributed by atoms with Crippen molar-refractivity contribution in [1.82, 2.24) is 15.1 Å². The van der Waals surface area contributed by atoms with Crippen LogP contribution in [-0.4, -0.2) is 86.1 Å². The van der Waals surface area contributed by atoms with Gasteiger partial charge >= 0.3 is 9.04 Å². The molecule has 9 heteroatoms. The second kappa shape index (κ2) is 12.0. The summed E-state index contributed by atoms with van der Waals surface area (Å²) >= 11 is 0. The van der Waals surface area contributed by atoms with E-state index in [1.165, 1.54) is 18.2 Å². The molecule has 2 aromatic carbocycles. The van der Waals surface area contributed by atoms with Crippen LogP contribution in [0.1, 0.15) is 35.7 Å².